The third-order valence-electron chi connectivity index (χ3n) is 3.18. The average Bonchev–Trinajstić information content (AvgIpc) is 2.57. The first-order chi connectivity index (χ1) is 8.25. The van der Waals surface area contributed by atoms with Gasteiger partial charge in [0.2, 0.25) is 0 Å². The number of nitrogens with zero attached hydrogens (tertiary/aromatic N) is 1. The van der Waals surface area contributed by atoms with Crippen molar-refractivity contribution < 1.29 is 4.79 Å². The standard InChI is InChI=1S/C13H17BrN2O/c14-12-9-10(7-8-15-12)13(17)16-11-5-3-1-2-4-6-11/h7-9,11H,1-6H2,(H,16,17). The van der Waals surface area contributed by atoms with E-state index in [0.29, 0.717) is 16.2 Å². The molecule has 1 aromatic heterocycles. The second kappa shape index (κ2) is 6.15. The van der Waals surface area contributed by atoms with Gasteiger partial charge in [0, 0.05) is 17.8 Å². The summed E-state index contributed by atoms with van der Waals surface area (Å²) in [5.74, 6) is 0.0139. The molecule has 0 radical (unpaired) electrons. The summed E-state index contributed by atoms with van der Waals surface area (Å²) in [4.78, 5) is 16.0. The first kappa shape index (κ1) is 12.6. The molecule has 17 heavy (non-hydrogen) atoms. The minimum Gasteiger partial charge on any atom is -0.349 e. The highest BCUT2D eigenvalue weighted by Crippen LogP contribution is 2.18. The maximum Gasteiger partial charge on any atom is 0.251 e. The van der Waals surface area contributed by atoms with E-state index >= 15 is 0 Å². The Bertz CT molecular complexity index is 387. The highest BCUT2D eigenvalue weighted by atomic mass is 79.9. The van der Waals surface area contributed by atoms with E-state index < -0.39 is 0 Å². The van der Waals surface area contributed by atoms with Gasteiger partial charge in [0.25, 0.3) is 5.91 Å². The largest absolute Gasteiger partial charge is 0.349 e. The quantitative estimate of drug-likeness (QED) is 0.672. The number of hydrogen-bond acceptors (Lipinski definition) is 2. The van der Waals surface area contributed by atoms with E-state index in [1.54, 1.807) is 18.3 Å². The number of halogens is 1. The lowest BCUT2D eigenvalue weighted by atomic mass is 10.1. The zero-order valence-corrected chi connectivity index (χ0v) is 11.4. The number of hydrogen-bond donors (Lipinski definition) is 1. The van der Waals surface area contributed by atoms with Gasteiger partial charge in [-0.05, 0) is 40.9 Å². The van der Waals surface area contributed by atoms with Crippen LogP contribution in [0.4, 0.5) is 0 Å². The third kappa shape index (κ3) is 3.80. The summed E-state index contributed by atoms with van der Waals surface area (Å²) in [7, 11) is 0. The molecule has 92 valence electrons. The Labute approximate surface area is 110 Å². The van der Waals surface area contributed by atoms with Crippen LogP contribution in [0.15, 0.2) is 22.9 Å². The van der Waals surface area contributed by atoms with Crippen LogP contribution in [-0.4, -0.2) is 16.9 Å². The summed E-state index contributed by atoms with van der Waals surface area (Å²) in [5.41, 5.74) is 0.677. The average molecular weight is 297 g/mol. The van der Waals surface area contributed by atoms with Gasteiger partial charge in [0.15, 0.2) is 0 Å². The van der Waals surface area contributed by atoms with Crippen LogP contribution in [0.5, 0.6) is 0 Å². The zero-order valence-electron chi connectivity index (χ0n) is 9.79. The third-order valence-corrected chi connectivity index (χ3v) is 3.61. The SMILES string of the molecule is O=C(NC1CCCCCC1)c1ccnc(Br)c1. The lowest BCUT2D eigenvalue weighted by Gasteiger charge is -2.16. The number of carbonyl (C=O) groups is 1. The summed E-state index contributed by atoms with van der Waals surface area (Å²) < 4.78 is 0.700. The Kier molecular flexibility index (Phi) is 4.54. The van der Waals surface area contributed by atoms with Crippen LogP contribution >= 0.6 is 15.9 Å². The molecule has 1 aliphatic carbocycles. The number of aromatic nitrogens is 1. The minimum atomic E-state index is 0.0139. The highest BCUT2D eigenvalue weighted by Gasteiger charge is 2.15. The van der Waals surface area contributed by atoms with Gasteiger partial charge >= 0.3 is 0 Å². The summed E-state index contributed by atoms with van der Waals surface area (Å²) in [6, 6.07) is 3.85. The van der Waals surface area contributed by atoms with Crippen molar-refractivity contribution in [3.05, 3.63) is 28.5 Å². The fraction of sp³-hybridized carbons (Fsp3) is 0.538. The Morgan fingerprint density at radius 2 is 2.00 bits per heavy atom. The molecule has 0 spiro atoms. The Morgan fingerprint density at radius 3 is 2.65 bits per heavy atom. The summed E-state index contributed by atoms with van der Waals surface area (Å²) in [6.45, 7) is 0. The van der Waals surface area contributed by atoms with Crippen molar-refractivity contribution in [2.75, 3.05) is 0 Å². The number of carbonyl (C=O) groups excluding carboxylic acids is 1. The van der Waals surface area contributed by atoms with E-state index in [2.05, 4.69) is 26.2 Å². The first-order valence-corrected chi connectivity index (χ1v) is 6.97. The number of nitrogens with one attached hydrogen (secondary N) is 1. The molecule has 0 atom stereocenters. The molecule has 4 heteroatoms. The van der Waals surface area contributed by atoms with Crippen LogP contribution in [0.3, 0.4) is 0 Å². The second-order valence-electron chi connectivity index (χ2n) is 4.53. The minimum absolute atomic E-state index is 0.0139. The van der Waals surface area contributed by atoms with Crippen LogP contribution in [0, 0.1) is 0 Å². The summed E-state index contributed by atoms with van der Waals surface area (Å²) >= 11 is 3.28. The van der Waals surface area contributed by atoms with Crippen molar-refractivity contribution in [3.63, 3.8) is 0 Å². The normalized spacial score (nSPS) is 17.5. The van der Waals surface area contributed by atoms with Crippen LogP contribution < -0.4 is 5.32 Å². The fourth-order valence-electron chi connectivity index (χ4n) is 2.24. The molecule has 0 saturated heterocycles. The van der Waals surface area contributed by atoms with Gasteiger partial charge in [-0.2, -0.15) is 0 Å². The monoisotopic (exact) mass is 296 g/mol. The summed E-state index contributed by atoms with van der Waals surface area (Å²) in [6.07, 6.45) is 8.92. The maximum atomic E-state index is 12.0. The van der Waals surface area contributed by atoms with Gasteiger partial charge in [-0.3, -0.25) is 4.79 Å². The maximum absolute atomic E-state index is 12.0. The second-order valence-corrected chi connectivity index (χ2v) is 5.34. The molecule has 2 rings (SSSR count). The molecule has 3 nitrogen and oxygen atoms in total. The van der Waals surface area contributed by atoms with Crippen molar-refractivity contribution in [3.8, 4) is 0 Å². The van der Waals surface area contributed by atoms with E-state index in [9.17, 15) is 4.79 Å². The van der Waals surface area contributed by atoms with Gasteiger partial charge in [0.05, 0.1) is 0 Å². The zero-order chi connectivity index (χ0) is 12.1. The van der Waals surface area contributed by atoms with Crippen LogP contribution in [0.2, 0.25) is 0 Å². The molecule has 0 aliphatic heterocycles. The molecule has 1 N–H and O–H groups in total. The molecule has 1 amide bonds. The van der Waals surface area contributed by atoms with Crippen molar-refractivity contribution in [2.24, 2.45) is 0 Å². The molecule has 0 bridgehead atoms. The molecule has 1 fully saturated rings. The lowest BCUT2D eigenvalue weighted by molar-refractivity contribution is 0.0933. The molecule has 1 saturated carbocycles. The van der Waals surface area contributed by atoms with Gasteiger partial charge in [-0.25, -0.2) is 4.98 Å². The predicted molar refractivity (Wildman–Crippen MR) is 70.9 cm³/mol. The van der Waals surface area contributed by atoms with E-state index in [1.165, 1.54) is 25.7 Å². The van der Waals surface area contributed by atoms with Gasteiger partial charge in [-0.1, -0.05) is 25.7 Å². The van der Waals surface area contributed by atoms with Crippen molar-refractivity contribution >= 4 is 21.8 Å². The van der Waals surface area contributed by atoms with Crippen LogP contribution in [0.1, 0.15) is 48.9 Å². The fourth-order valence-corrected chi connectivity index (χ4v) is 2.60. The molecule has 0 aromatic carbocycles. The molecular weight excluding hydrogens is 280 g/mol. The molecule has 1 aromatic rings. The summed E-state index contributed by atoms with van der Waals surface area (Å²) in [5, 5.41) is 3.11. The Morgan fingerprint density at radius 1 is 1.29 bits per heavy atom. The van der Waals surface area contributed by atoms with Gasteiger partial charge in [-0.15, -0.1) is 0 Å². The molecule has 1 aliphatic rings. The number of amides is 1. The topological polar surface area (TPSA) is 42.0 Å². The van der Waals surface area contributed by atoms with Crippen LogP contribution in [0.25, 0.3) is 0 Å². The molecule has 1 heterocycles. The van der Waals surface area contributed by atoms with Gasteiger partial charge < -0.3 is 5.32 Å². The molecule has 0 unspecified atom stereocenters. The highest BCUT2D eigenvalue weighted by molar-refractivity contribution is 9.10. The van der Waals surface area contributed by atoms with E-state index in [-0.39, 0.29) is 5.91 Å². The molecular formula is C13H17BrN2O. The number of pyridine rings is 1. The van der Waals surface area contributed by atoms with E-state index in [0.717, 1.165) is 12.8 Å². The van der Waals surface area contributed by atoms with E-state index in [4.69, 9.17) is 0 Å². The Hall–Kier alpha value is -0.900. The van der Waals surface area contributed by atoms with Crippen molar-refractivity contribution in [1.82, 2.24) is 10.3 Å². The first-order valence-electron chi connectivity index (χ1n) is 6.18. The van der Waals surface area contributed by atoms with Crippen molar-refractivity contribution in [2.45, 2.75) is 44.6 Å². The van der Waals surface area contributed by atoms with Crippen molar-refractivity contribution in [1.29, 1.82) is 0 Å². The Balaban J connectivity index is 1.96. The lowest BCUT2D eigenvalue weighted by Crippen LogP contribution is -2.34. The smallest absolute Gasteiger partial charge is 0.251 e. The number of rotatable bonds is 2. The predicted octanol–water partition coefficient (Wildman–Crippen LogP) is 3.30. The van der Waals surface area contributed by atoms with Crippen LogP contribution in [-0.2, 0) is 0 Å². The van der Waals surface area contributed by atoms with Gasteiger partial charge in [0.1, 0.15) is 4.60 Å². The van der Waals surface area contributed by atoms with E-state index in [1.807, 2.05) is 0 Å².